The normalized spacial score (nSPS) is 14.1. The second kappa shape index (κ2) is 4.53. The maximum absolute atomic E-state index is 11.6. The van der Waals surface area contributed by atoms with Crippen LogP contribution in [-0.2, 0) is 13.0 Å². The molecule has 0 spiro atoms. The molecule has 16 heavy (non-hydrogen) atoms. The lowest BCUT2D eigenvalue weighted by Gasteiger charge is -2.21. The Morgan fingerprint density at radius 1 is 1.44 bits per heavy atom. The molecule has 0 unspecified atom stereocenters. The zero-order chi connectivity index (χ0) is 11.5. The van der Waals surface area contributed by atoms with Crippen molar-refractivity contribution in [1.29, 1.82) is 0 Å². The number of rotatable bonds is 1. The van der Waals surface area contributed by atoms with Gasteiger partial charge in [0.25, 0.3) is 0 Å². The van der Waals surface area contributed by atoms with Gasteiger partial charge in [-0.15, -0.1) is 0 Å². The fraction of sp³-hybridized carbons (Fsp3) is 0.417. The van der Waals surface area contributed by atoms with Crippen LogP contribution >= 0.6 is 0 Å². The molecule has 2 amide bonds. The standard InChI is InChI=1S/C12H17N3O/c1-15(2)12(16)14-11-5-3-4-9-8-13-7-6-10(9)11/h3-5,13H,6-8H2,1-2H3,(H,14,16). The minimum Gasteiger partial charge on any atom is -0.331 e. The molecule has 2 N–H and O–H groups in total. The third-order valence-electron chi connectivity index (χ3n) is 2.79. The molecule has 1 aliphatic heterocycles. The number of nitrogens with zero attached hydrogens (tertiary/aromatic N) is 1. The molecule has 2 rings (SSSR count). The van der Waals surface area contributed by atoms with Crippen molar-refractivity contribution >= 4 is 11.7 Å². The number of anilines is 1. The van der Waals surface area contributed by atoms with Crippen LogP contribution in [0.4, 0.5) is 10.5 Å². The molecule has 4 heteroatoms. The van der Waals surface area contributed by atoms with Gasteiger partial charge in [0, 0.05) is 26.3 Å². The highest BCUT2D eigenvalue weighted by Crippen LogP contribution is 2.23. The summed E-state index contributed by atoms with van der Waals surface area (Å²) in [6, 6.07) is 5.97. The summed E-state index contributed by atoms with van der Waals surface area (Å²) in [5, 5.41) is 6.25. The molecule has 0 fully saturated rings. The Kier molecular flexibility index (Phi) is 3.10. The van der Waals surface area contributed by atoms with E-state index in [1.807, 2.05) is 12.1 Å². The van der Waals surface area contributed by atoms with Gasteiger partial charge in [0.1, 0.15) is 0 Å². The van der Waals surface area contributed by atoms with Crippen LogP contribution in [0, 0.1) is 0 Å². The van der Waals surface area contributed by atoms with Crippen molar-refractivity contribution in [3.63, 3.8) is 0 Å². The maximum Gasteiger partial charge on any atom is 0.321 e. The monoisotopic (exact) mass is 219 g/mol. The van der Waals surface area contributed by atoms with Gasteiger partial charge in [-0.1, -0.05) is 12.1 Å². The predicted molar refractivity (Wildman–Crippen MR) is 64.6 cm³/mol. The van der Waals surface area contributed by atoms with Crippen molar-refractivity contribution in [1.82, 2.24) is 10.2 Å². The Labute approximate surface area is 95.6 Å². The van der Waals surface area contributed by atoms with E-state index >= 15 is 0 Å². The zero-order valence-corrected chi connectivity index (χ0v) is 9.71. The molecule has 0 aromatic heterocycles. The molecule has 86 valence electrons. The Morgan fingerprint density at radius 2 is 2.25 bits per heavy atom. The van der Waals surface area contributed by atoms with Crippen molar-refractivity contribution < 1.29 is 4.79 Å². The molecule has 0 saturated heterocycles. The lowest BCUT2D eigenvalue weighted by molar-refractivity contribution is 0.230. The molecule has 0 bridgehead atoms. The highest BCUT2D eigenvalue weighted by molar-refractivity contribution is 5.90. The molecule has 0 radical (unpaired) electrons. The second-order valence-electron chi connectivity index (χ2n) is 4.19. The van der Waals surface area contributed by atoms with Gasteiger partial charge in [-0.05, 0) is 30.2 Å². The van der Waals surface area contributed by atoms with E-state index in [-0.39, 0.29) is 6.03 Å². The molecule has 1 aromatic rings. The first-order valence-corrected chi connectivity index (χ1v) is 5.48. The Hall–Kier alpha value is -1.55. The number of fused-ring (bicyclic) bond motifs is 1. The molecule has 4 nitrogen and oxygen atoms in total. The zero-order valence-electron chi connectivity index (χ0n) is 9.71. The number of hydrogen-bond donors (Lipinski definition) is 2. The smallest absolute Gasteiger partial charge is 0.321 e. The van der Waals surface area contributed by atoms with Gasteiger partial charge in [-0.2, -0.15) is 0 Å². The number of carbonyl (C=O) groups excluding carboxylic acids is 1. The number of benzene rings is 1. The van der Waals surface area contributed by atoms with E-state index in [9.17, 15) is 4.79 Å². The van der Waals surface area contributed by atoms with Crippen molar-refractivity contribution in [2.45, 2.75) is 13.0 Å². The van der Waals surface area contributed by atoms with E-state index < -0.39 is 0 Å². The first-order valence-electron chi connectivity index (χ1n) is 5.48. The summed E-state index contributed by atoms with van der Waals surface area (Å²) < 4.78 is 0. The van der Waals surface area contributed by atoms with Crippen LogP contribution < -0.4 is 10.6 Å². The third kappa shape index (κ3) is 2.17. The van der Waals surface area contributed by atoms with Crippen LogP contribution in [0.25, 0.3) is 0 Å². The Morgan fingerprint density at radius 3 is 3.00 bits per heavy atom. The largest absolute Gasteiger partial charge is 0.331 e. The molecule has 0 saturated carbocycles. The van der Waals surface area contributed by atoms with Gasteiger partial charge in [0.05, 0.1) is 0 Å². The number of hydrogen-bond acceptors (Lipinski definition) is 2. The van der Waals surface area contributed by atoms with E-state index in [0.717, 1.165) is 25.2 Å². The maximum atomic E-state index is 11.6. The lowest BCUT2D eigenvalue weighted by atomic mass is 9.99. The summed E-state index contributed by atoms with van der Waals surface area (Å²) in [5.74, 6) is 0. The van der Waals surface area contributed by atoms with E-state index in [2.05, 4.69) is 16.7 Å². The number of nitrogens with one attached hydrogen (secondary N) is 2. The van der Waals surface area contributed by atoms with Crippen LogP contribution in [0.2, 0.25) is 0 Å². The van der Waals surface area contributed by atoms with Gasteiger partial charge >= 0.3 is 6.03 Å². The molecular weight excluding hydrogens is 202 g/mol. The predicted octanol–water partition coefficient (Wildman–Crippen LogP) is 1.43. The molecule has 1 aromatic carbocycles. The number of urea groups is 1. The summed E-state index contributed by atoms with van der Waals surface area (Å²) in [6.07, 6.45) is 0.971. The first kappa shape index (κ1) is 11.0. The van der Waals surface area contributed by atoms with Crippen LogP contribution in [0.3, 0.4) is 0 Å². The van der Waals surface area contributed by atoms with Crippen molar-refractivity contribution in [2.24, 2.45) is 0 Å². The molecule has 0 atom stereocenters. The van der Waals surface area contributed by atoms with Crippen LogP contribution in [-0.4, -0.2) is 31.6 Å². The highest BCUT2D eigenvalue weighted by atomic mass is 16.2. The fourth-order valence-electron chi connectivity index (χ4n) is 1.88. The first-order chi connectivity index (χ1) is 7.68. The van der Waals surface area contributed by atoms with Crippen LogP contribution in [0.1, 0.15) is 11.1 Å². The minimum atomic E-state index is -0.0769. The van der Waals surface area contributed by atoms with E-state index in [0.29, 0.717) is 0 Å². The van der Waals surface area contributed by atoms with Gasteiger partial charge in [0.2, 0.25) is 0 Å². The molecule has 0 aliphatic carbocycles. The van der Waals surface area contributed by atoms with E-state index in [1.165, 1.54) is 11.1 Å². The van der Waals surface area contributed by atoms with Crippen molar-refractivity contribution in [3.8, 4) is 0 Å². The van der Waals surface area contributed by atoms with Crippen molar-refractivity contribution in [3.05, 3.63) is 29.3 Å². The molecular formula is C12H17N3O. The summed E-state index contributed by atoms with van der Waals surface area (Å²) in [7, 11) is 3.48. The quantitative estimate of drug-likeness (QED) is 0.750. The van der Waals surface area contributed by atoms with Gasteiger partial charge in [0.15, 0.2) is 0 Å². The van der Waals surface area contributed by atoms with Crippen molar-refractivity contribution in [2.75, 3.05) is 26.0 Å². The Bertz CT molecular complexity index is 401. The average molecular weight is 219 g/mol. The van der Waals surface area contributed by atoms with Gasteiger partial charge in [-0.25, -0.2) is 4.79 Å². The second-order valence-corrected chi connectivity index (χ2v) is 4.19. The molecule has 1 heterocycles. The Balaban J connectivity index is 2.24. The SMILES string of the molecule is CN(C)C(=O)Nc1cccc2c1CCNC2. The molecule has 1 aliphatic rings. The third-order valence-corrected chi connectivity index (χ3v) is 2.79. The summed E-state index contributed by atoms with van der Waals surface area (Å²) >= 11 is 0. The fourth-order valence-corrected chi connectivity index (χ4v) is 1.88. The number of carbonyl (C=O) groups is 1. The van der Waals surface area contributed by atoms with Crippen LogP contribution in [0.15, 0.2) is 18.2 Å². The highest BCUT2D eigenvalue weighted by Gasteiger charge is 2.14. The van der Waals surface area contributed by atoms with Gasteiger partial charge < -0.3 is 15.5 Å². The average Bonchev–Trinajstić information content (AvgIpc) is 2.29. The summed E-state index contributed by atoms with van der Waals surface area (Å²) in [6.45, 7) is 1.86. The van der Waals surface area contributed by atoms with E-state index in [4.69, 9.17) is 0 Å². The van der Waals surface area contributed by atoms with E-state index in [1.54, 1.807) is 19.0 Å². The van der Waals surface area contributed by atoms with Gasteiger partial charge in [-0.3, -0.25) is 0 Å². The summed E-state index contributed by atoms with van der Waals surface area (Å²) in [4.78, 5) is 13.1. The van der Waals surface area contributed by atoms with Crippen LogP contribution in [0.5, 0.6) is 0 Å². The lowest BCUT2D eigenvalue weighted by Crippen LogP contribution is -2.29. The summed E-state index contributed by atoms with van der Waals surface area (Å²) in [5.41, 5.74) is 3.48. The minimum absolute atomic E-state index is 0.0769. The topological polar surface area (TPSA) is 44.4 Å². The number of amides is 2.